The van der Waals surface area contributed by atoms with Gasteiger partial charge in [-0.05, 0) is 29.8 Å². The topological polar surface area (TPSA) is 58.2 Å². The lowest BCUT2D eigenvalue weighted by Gasteiger charge is -2.11. The molecule has 2 aromatic rings. The Morgan fingerprint density at radius 3 is 2.35 bits per heavy atom. The van der Waals surface area contributed by atoms with Crippen LogP contribution in [0.2, 0.25) is 0 Å². The first-order valence-corrected chi connectivity index (χ1v) is 7.52. The number of sulfonamides is 1. The van der Waals surface area contributed by atoms with Crippen LogP contribution in [0.1, 0.15) is 5.56 Å². The molecule has 2 aromatic carbocycles. The third-order valence-electron chi connectivity index (χ3n) is 2.83. The summed E-state index contributed by atoms with van der Waals surface area (Å²) < 4.78 is 39.7. The molecular formula is C14H15FN2O2S. The van der Waals surface area contributed by atoms with Crippen molar-refractivity contribution < 1.29 is 12.8 Å². The van der Waals surface area contributed by atoms with E-state index in [-0.39, 0.29) is 17.3 Å². The van der Waals surface area contributed by atoms with Crippen LogP contribution in [0.3, 0.4) is 0 Å². The first kappa shape index (κ1) is 14.5. The molecule has 106 valence electrons. The van der Waals surface area contributed by atoms with Crippen LogP contribution in [0.4, 0.5) is 10.1 Å². The summed E-state index contributed by atoms with van der Waals surface area (Å²) in [6.45, 7) is 0.112. The van der Waals surface area contributed by atoms with Gasteiger partial charge in [-0.2, -0.15) is 0 Å². The molecule has 0 saturated heterocycles. The van der Waals surface area contributed by atoms with E-state index in [2.05, 4.69) is 10.0 Å². The molecule has 0 aliphatic rings. The number of hydrogen-bond acceptors (Lipinski definition) is 3. The molecule has 4 nitrogen and oxygen atoms in total. The van der Waals surface area contributed by atoms with Crippen molar-refractivity contribution >= 4 is 15.7 Å². The lowest BCUT2D eigenvalue weighted by Crippen LogP contribution is -2.24. The smallest absolute Gasteiger partial charge is 0.242 e. The summed E-state index contributed by atoms with van der Waals surface area (Å²) in [6, 6.07) is 12.3. The van der Waals surface area contributed by atoms with E-state index in [0.29, 0.717) is 11.3 Å². The molecule has 0 heterocycles. The number of benzene rings is 2. The molecule has 0 radical (unpaired) electrons. The molecule has 0 saturated carbocycles. The molecule has 2 N–H and O–H groups in total. The Morgan fingerprint density at radius 1 is 1.05 bits per heavy atom. The summed E-state index contributed by atoms with van der Waals surface area (Å²) >= 11 is 0. The van der Waals surface area contributed by atoms with E-state index in [1.807, 2.05) is 0 Å². The fourth-order valence-corrected chi connectivity index (χ4v) is 3.00. The van der Waals surface area contributed by atoms with E-state index in [4.69, 9.17) is 0 Å². The number of halogens is 1. The second-order valence-corrected chi connectivity index (χ2v) is 5.93. The number of nitrogens with one attached hydrogen (secondary N) is 2. The van der Waals surface area contributed by atoms with Crippen LogP contribution >= 0.6 is 0 Å². The maximum atomic E-state index is 12.8. The zero-order chi connectivity index (χ0) is 14.6. The summed E-state index contributed by atoms with van der Waals surface area (Å²) in [5.41, 5.74) is 1.22. The lowest BCUT2D eigenvalue weighted by atomic mass is 10.2. The van der Waals surface area contributed by atoms with E-state index in [9.17, 15) is 12.8 Å². The molecule has 0 unspecified atom stereocenters. The number of para-hydroxylation sites is 1. The van der Waals surface area contributed by atoms with Gasteiger partial charge in [0, 0.05) is 13.6 Å². The van der Waals surface area contributed by atoms with E-state index in [1.165, 1.54) is 18.2 Å². The van der Waals surface area contributed by atoms with Crippen LogP contribution in [-0.4, -0.2) is 15.5 Å². The molecule has 2 rings (SSSR count). The molecule has 0 aliphatic carbocycles. The zero-order valence-corrected chi connectivity index (χ0v) is 11.7. The molecule has 0 fully saturated rings. The zero-order valence-electron chi connectivity index (χ0n) is 10.9. The van der Waals surface area contributed by atoms with Gasteiger partial charge in [0.15, 0.2) is 0 Å². The van der Waals surface area contributed by atoms with Gasteiger partial charge >= 0.3 is 0 Å². The quantitative estimate of drug-likeness (QED) is 0.890. The lowest BCUT2D eigenvalue weighted by molar-refractivity contribution is 0.581. The fraction of sp³-hybridized carbons (Fsp3) is 0.143. The van der Waals surface area contributed by atoms with Crippen molar-refractivity contribution in [2.24, 2.45) is 0 Å². The maximum Gasteiger partial charge on any atom is 0.242 e. The molecule has 0 aliphatic heterocycles. The minimum absolute atomic E-state index is 0.112. The Bertz CT molecular complexity index is 685. The Labute approximate surface area is 117 Å². The average molecular weight is 294 g/mol. The van der Waals surface area contributed by atoms with Crippen molar-refractivity contribution in [3.63, 3.8) is 0 Å². The summed E-state index contributed by atoms with van der Waals surface area (Å²) in [6.07, 6.45) is 0. The summed E-state index contributed by atoms with van der Waals surface area (Å²) in [4.78, 5) is 0.185. The van der Waals surface area contributed by atoms with Crippen LogP contribution in [0.5, 0.6) is 0 Å². The number of anilines is 1. The normalized spacial score (nSPS) is 11.3. The van der Waals surface area contributed by atoms with E-state index in [0.717, 1.165) is 0 Å². The van der Waals surface area contributed by atoms with Crippen LogP contribution < -0.4 is 10.0 Å². The molecule has 0 amide bonds. The third kappa shape index (κ3) is 3.34. The molecular weight excluding hydrogens is 279 g/mol. The summed E-state index contributed by atoms with van der Waals surface area (Å²) in [5, 5.41) is 2.84. The highest BCUT2D eigenvalue weighted by molar-refractivity contribution is 7.89. The summed E-state index contributed by atoms with van der Waals surface area (Å²) in [5.74, 6) is -0.350. The van der Waals surface area contributed by atoms with Crippen molar-refractivity contribution in [2.75, 3.05) is 12.4 Å². The molecule has 0 spiro atoms. The van der Waals surface area contributed by atoms with Gasteiger partial charge in [0.05, 0.1) is 5.69 Å². The predicted octanol–water partition coefficient (Wildman–Crippen LogP) is 2.35. The second kappa shape index (κ2) is 6.02. The molecule has 0 aromatic heterocycles. The fourth-order valence-electron chi connectivity index (χ4n) is 1.77. The van der Waals surface area contributed by atoms with Crippen LogP contribution in [0.15, 0.2) is 53.4 Å². The first-order chi connectivity index (χ1) is 9.53. The van der Waals surface area contributed by atoms with Crippen molar-refractivity contribution in [1.82, 2.24) is 4.72 Å². The van der Waals surface area contributed by atoms with Gasteiger partial charge in [0.2, 0.25) is 10.0 Å². The standard InChI is InChI=1S/C14H15FN2O2S/c1-16-13-4-2-3-5-14(13)20(18,19)17-10-11-6-8-12(15)9-7-11/h2-9,16-17H,10H2,1H3. The van der Waals surface area contributed by atoms with Crippen molar-refractivity contribution in [1.29, 1.82) is 0 Å². The van der Waals surface area contributed by atoms with Crippen molar-refractivity contribution in [2.45, 2.75) is 11.4 Å². The predicted molar refractivity (Wildman–Crippen MR) is 76.4 cm³/mol. The number of rotatable bonds is 5. The van der Waals surface area contributed by atoms with E-state index in [1.54, 1.807) is 37.4 Å². The highest BCUT2D eigenvalue weighted by Gasteiger charge is 2.17. The van der Waals surface area contributed by atoms with Crippen molar-refractivity contribution in [3.05, 3.63) is 59.9 Å². The van der Waals surface area contributed by atoms with Gasteiger partial charge in [-0.25, -0.2) is 17.5 Å². The minimum Gasteiger partial charge on any atom is -0.387 e. The average Bonchev–Trinajstić information content (AvgIpc) is 2.46. The monoisotopic (exact) mass is 294 g/mol. The van der Waals surface area contributed by atoms with Crippen molar-refractivity contribution in [3.8, 4) is 0 Å². The van der Waals surface area contributed by atoms with Gasteiger partial charge in [-0.1, -0.05) is 24.3 Å². The van der Waals surface area contributed by atoms with Gasteiger partial charge in [-0.15, -0.1) is 0 Å². The van der Waals surface area contributed by atoms with Crippen LogP contribution in [0.25, 0.3) is 0 Å². The molecule has 6 heteroatoms. The molecule has 0 bridgehead atoms. The SMILES string of the molecule is CNc1ccccc1S(=O)(=O)NCc1ccc(F)cc1. The first-order valence-electron chi connectivity index (χ1n) is 6.04. The molecule has 0 atom stereocenters. The third-order valence-corrected chi connectivity index (χ3v) is 4.28. The Hall–Kier alpha value is -1.92. The van der Waals surface area contributed by atoms with Crippen LogP contribution in [0, 0.1) is 5.82 Å². The van der Waals surface area contributed by atoms with E-state index < -0.39 is 10.0 Å². The summed E-state index contributed by atoms with van der Waals surface area (Å²) in [7, 11) is -1.96. The number of hydrogen-bond donors (Lipinski definition) is 2. The highest BCUT2D eigenvalue weighted by Crippen LogP contribution is 2.20. The Kier molecular flexibility index (Phi) is 4.36. The van der Waals surface area contributed by atoms with E-state index >= 15 is 0 Å². The van der Waals surface area contributed by atoms with Gasteiger partial charge in [0.25, 0.3) is 0 Å². The Morgan fingerprint density at radius 2 is 1.70 bits per heavy atom. The molecule has 20 heavy (non-hydrogen) atoms. The van der Waals surface area contributed by atoms with Gasteiger partial charge in [-0.3, -0.25) is 0 Å². The van der Waals surface area contributed by atoms with Gasteiger partial charge in [0.1, 0.15) is 10.7 Å². The largest absolute Gasteiger partial charge is 0.387 e. The second-order valence-electron chi connectivity index (χ2n) is 4.20. The van der Waals surface area contributed by atoms with Gasteiger partial charge < -0.3 is 5.32 Å². The minimum atomic E-state index is -3.62. The maximum absolute atomic E-state index is 12.8. The van der Waals surface area contributed by atoms with Crippen LogP contribution in [-0.2, 0) is 16.6 Å². The Balaban J connectivity index is 2.17. The highest BCUT2D eigenvalue weighted by atomic mass is 32.2.